The molecule has 0 spiro atoms. The van der Waals surface area contributed by atoms with Crippen LogP contribution in [0.3, 0.4) is 0 Å². The second-order valence-electron chi connectivity index (χ2n) is 3.44. The first-order valence-electron chi connectivity index (χ1n) is 4.99. The second-order valence-corrected chi connectivity index (χ2v) is 5.56. The van der Waals surface area contributed by atoms with Gasteiger partial charge in [0.15, 0.2) is 5.78 Å². The van der Waals surface area contributed by atoms with Crippen molar-refractivity contribution in [1.29, 1.82) is 0 Å². The number of carbonyl (C=O) groups excluding carboxylic acids is 1. The van der Waals surface area contributed by atoms with Crippen molar-refractivity contribution in [3.63, 3.8) is 0 Å². The largest absolute Gasteiger partial charge is 0.288 e. The van der Waals surface area contributed by atoms with Gasteiger partial charge in [-0.05, 0) is 36.4 Å². The number of hydrogen-bond acceptors (Lipinski definition) is 2. The molecule has 0 fully saturated rings. The van der Waals surface area contributed by atoms with Crippen molar-refractivity contribution < 1.29 is 9.18 Å². The van der Waals surface area contributed by atoms with Gasteiger partial charge in [0.2, 0.25) is 0 Å². The summed E-state index contributed by atoms with van der Waals surface area (Å²) >= 11 is 12.8. The Morgan fingerprint density at radius 3 is 2.61 bits per heavy atom. The Hall–Kier alpha value is -1.16. The molecule has 0 atom stereocenters. The van der Waals surface area contributed by atoms with Crippen LogP contribution in [-0.4, -0.2) is 5.78 Å². The number of rotatable bonds is 3. The standard InChI is InChI=1S/C13H7Cl2FOS/c14-9-2-1-3-10(16)8(9)4-5-11(17)12-6-7-13(15)18-12/h1-7H/b5-4+. The molecule has 5 heteroatoms. The summed E-state index contributed by atoms with van der Waals surface area (Å²) in [5.74, 6) is -0.693. The van der Waals surface area contributed by atoms with E-state index >= 15 is 0 Å². The van der Waals surface area contributed by atoms with Crippen LogP contribution in [0, 0.1) is 5.82 Å². The highest BCUT2D eigenvalue weighted by molar-refractivity contribution is 7.18. The topological polar surface area (TPSA) is 17.1 Å². The van der Waals surface area contributed by atoms with E-state index in [2.05, 4.69) is 0 Å². The second kappa shape index (κ2) is 5.65. The summed E-state index contributed by atoms with van der Waals surface area (Å²) in [6.45, 7) is 0. The van der Waals surface area contributed by atoms with Gasteiger partial charge in [-0.15, -0.1) is 11.3 Å². The zero-order chi connectivity index (χ0) is 13.1. The number of benzene rings is 1. The molecule has 92 valence electrons. The zero-order valence-corrected chi connectivity index (χ0v) is 11.3. The van der Waals surface area contributed by atoms with Gasteiger partial charge < -0.3 is 0 Å². The van der Waals surface area contributed by atoms with Gasteiger partial charge in [0.1, 0.15) is 5.82 Å². The molecule has 0 unspecified atom stereocenters. The Balaban J connectivity index is 2.24. The quantitative estimate of drug-likeness (QED) is 0.570. The Morgan fingerprint density at radius 1 is 1.22 bits per heavy atom. The predicted octanol–water partition coefficient (Wildman–Crippen LogP) is 5.09. The van der Waals surface area contributed by atoms with Gasteiger partial charge >= 0.3 is 0 Å². The molecule has 0 aliphatic heterocycles. The minimum Gasteiger partial charge on any atom is -0.288 e. The van der Waals surface area contributed by atoms with Crippen LogP contribution in [0.2, 0.25) is 9.36 Å². The molecule has 0 N–H and O–H groups in total. The molecule has 1 heterocycles. The van der Waals surface area contributed by atoms with Crippen LogP contribution in [0.4, 0.5) is 4.39 Å². The summed E-state index contributed by atoms with van der Waals surface area (Å²) in [7, 11) is 0. The number of hydrogen-bond donors (Lipinski definition) is 0. The minimum absolute atomic E-state index is 0.204. The number of ketones is 1. The molecule has 18 heavy (non-hydrogen) atoms. The van der Waals surface area contributed by atoms with Crippen LogP contribution in [0.15, 0.2) is 36.4 Å². The summed E-state index contributed by atoms with van der Waals surface area (Å²) < 4.78 is 14.0. The molecule has 0 saturated carbocycles. The van der Waals surface area contributed by atoms with E-state index < -0.39 is 5.82 Å². The summed E-state index contributed by atoms with van der Waals surface area (Å²) in [6.07, 6.45) is 2.65. The SMILES string of the molecule is O=C(/C=C/c1c(F)cccc1Cl)c1ccc(Cl)s1. The van der Waals surface area contributed by atoms with Crippen molar-refractivity contribution in [3.8, 4) is 0 Å². The van der Waals surface area contributed by atoms with Gasteiger partial charge in [0.05, 0.1) is 14.2 Å². The van der Waals surface area contributed by atoms with E-state index in [0.717, 1.165) is 0 Å². The first kappa shape index (κ1) is 13.3. The fraction of sp³-hybridized carbons (Fsp3) is 0. The summed E-state index contributed by atoms with van der Waals surface area (Å²) in [5, 5.41) is 0.267. The summed E-state index contributed by atoms with van der Waals surface area (Å²) in [4.78, 5) is 12.3. The maximum Gasteiger partial charge on any atom is 0.195 e. The van der Waals surface area contributed by atoms with E-state index in [1.54, 1.807) is 18.2 Å². The molecule has 1 nitrogen and oxygen atoms in total. The van der Waals surface area contributed by atoms with Gasteiger partial charge in [-0.1, -0.05) is 29.3 Å². The first-order valence-corrected chi connectivity index (χ1v) is 6.57. The highest BCUT2D eigenvalue weighted by atomic mass is 35.5. The van der Waals surface area contributed by atoms with Gasteiger partial charge in [0.25, 0.3) is 0 Å². The lowest BCUT2D eigenvalue weighted by molar-refractivity contribution is 0.105. The normalized spacial score (nSPS) is 11.1. The van der Waals surface area contributed by atoms with Crippen molar-refractivity contribution in [3.05, 3.63) is 62.0 Å². The lowest BCUT2D eigenvalue weighted by Gasteiger charge is -1.98. The zero-order valence-electron chi connectivity index (χ0n) is 8.99. The van der Waals surface area contributed by atoms with Crippen molar-refractivity contribution in [1.82, 2.24) is 0 Å². The molecule has 0 amide bonds. The fourth-order valence-corrected chi connectivity index (χ4v) is 2.55. The molecule has 0 aliphatic carbocycles. The van der Waals surface area contributed by atoms with E-state index in [-0.39, 0.29) is 16.4 Å². The highest BCUT2D eigenvalue weighted by Crippen LogP contribution is 2.24. The van der Waals surface area contributed by atoms with E-state index in [1.165, 1.54) is 35.6 Å². The third kappa shape index (κ3) is 2.99. The molecule has 1 aromatic carbocycles. The molecule has 2 rings (SSSR count). The fourth-order valence-electron chi connectivity index (χ4n) is 1.36. The van der Waals surface area contributed by atoms with Crippen molar-refractivity contribution >= 4 is 46.4 Å². The molecule has 2 aromatic rings. The molecule has 0 saturated heterocycles. The van der Waals surface area contributed by atoms with Crippen LogP contribution in [0.1, 0.15) is 15.2 Å². The maximum absolute atomic E-state index is 13.4. The molecular formula is C13H7Cl2FOS. The molecule has 0 bridgehead atoms. The molecule has 1 aromatic heterocycles. The van der Waals surface area contributed by atoms with Crippen molar-refractivity contribution in [2.45, 2.75) is 0 Å². The van der Waals surface area contributed by atoms with Gasteiger partial charge in [-0.3, -0.25) is 4.79 Å². The Kier molecular flexibility index (Phi) is 4.17. The summed E-state index contributed by atoms with van der Waals surface area (Å²) in [6, 6.07) is 7.64. The van der Waals surface area contributed by atoms with Gasteiger partial charge in [-0.2, -0.15) is 0 Å². The number of thiophene rings is 1. The van der Waals surface area contributed by atoms with E-state index in [1.807, 2.05) is 0 Å². The summed E-state index contributed by atoms with van der Waals surface area (Å²) in [5.41, 5.74) is 0.204. The molecular weight excluding hydrogens is 294 g/mol. The van der Waals surface area contributed by atoms with Crippen LogP contribution in [0.5, 0.6) is 0 Å². The lowest BCUT2D eigenvalue weighted by Crippen LogP contribution is -1.90. The Labute approximate surface area is 117 Å². The number of halogens is 3. The predicted molar refractivity (Wildman–Crippen MR) is 74.1 cm³/mol. The Bertz CT molecular complexity index is 599. The van der Waals surface area contributed by atoms with E-state index in [0.29, 0.717) is 9.21 Å². The average molecular weight is 301 g/mol. The van der Waals surface area contributed by atoms with E-state index in [4.69, 9.17) is 23.2 Å². The van der Waals surface area contributed by atoms with Gasteiger partial charge in [0, 0.05) is 5.56 Å². The van der Waals surface area contributed by atoms with Crippen LogP contribution in [0.25, 0.3) is 6.08 Å². The monoisotopic (exact) mass is 300 g/mol. The molecule has 0 radical (unpaired) electrons. The average Bonchev–Trinajstić information content (AvgIpc) is 2.75. The number of carbonyl (C=O) groups is 1. The van der Waals surface area contributed by atoms with E-state index in [9.17, 15) is 9.18 Å². The molecule has 0 aliphatic rings. The highest BCUT2D eigenvalue weighted by Gasteiger charge is 2.07. The van der Waals surface area contributed by atoms with Gasteiger partial charge in [-0.25, -0.2) is 4.39 Å². The third-order valence-electron chi connectivity index (χ3n) is 2.22. The van der Waals surface area contributed by atoms with Crippen LogP contribution < -0.4 is 0 Å². The lowest BCUT2D eigenvalue weighted by atomic mass is 10.1. The van der Waals surface area contributed by atoms with Crippen molar-refractivity contribution in [2.24, 2.45) is 0 Å². The minimum atomic E-state index is -0.462. The van der Waals surface area contributed by atoms with Crippen LogP contribution in [-0.2, 0) is 0 Å². The van der Waals surface area contributed by atoms with Crippen LogP contribution >= 0.6 is 34.5 Å². The Morgan fingerprint density at radius 2 is 2.00 bits per heavy atom. The maximum atomic E-state index is 13.4. The number of allylic oxidation sites excluding steroid dienone is 1. The smallest absolute Gasteiger partial charge is 0.195 e. The van der Waals surface area contributed by atoms with Crippen molar-refractivity contribution in [2.75, 3.05) is 0 Å². The first-order chi connectivity index (χ1) is 8.58. The third-order valence-corrected chi connectivity index (χ3v) is 3.79.